The number of nitrogens with one attached hydrogen (secondary N) is 1. The second kappa shape index (κ2) is 4.62. The molecule has 1 aromatic rings. The first kappa shape index (κ1) is 10.4. The Morgan fingerprint density at radius 2 is 2.12 bits per heavy atom. The highest BCUT2D eigenvalue weighted by Crippen LogP contribution is 2.21. The van der Waals surface area contributed by atoms with Crippen LogP contribution < -0.4 is 5.32 Å². The average molecular weight is 210 g/mol. The van der Waals surface area contributed by atoms with E-state index in [2.05, 4.69) is 23.5 Å². The number of benzene rings is 1. The molecule has 0 unspecified atom stereocenters. The molecule has 0 saturated carbocycles. The Morgan fingerprint density at radius 3 is 2.94 bits per heavy atom. The van der Waals surface area contributed by atoms with Crippen molar-refractivity contribution in [2.45, 2.75) is 0 Å². The molecule has 2 rings (SSSR count). The third kappa shape index (κ3) is 2.11. The Kier molecular flexibility index (Phi) is 3.01. The van der Waals surface area contributed by atoms with E-state index in [-0.39, 0.29) is 0 Å². The van der Waals surface area contributed by atoms with Crippen LogP contribution >= 0.6 is 0 Å². The van der Waals surface area contributed by atoms with Crippen molar-refractivity contribution in [3.63, 3.8) is 0 Å². The number of nitrogens with zero attached hydrogens (tertiary/aromatic N) is 1. The fourth-order valence-electron chi connectivity index (χ4n) is 1.61. The molecular formula is C14H14N2. The maximum Gasteiger partial charge on any atom is 0.0791 e. The third-order valence-electron chi connectivity index (χ3n) is 2.34. The van der Waals surface area contributed by atoms with Gasteiger partial charge < -0.3 is 5.32 Å². The molecule has 0 fully saturated rings. The zero-order valence-electron chi connectivity index (χ0n) is 9.11. The zero-order valence-corrected chi connectivity index (χ0v) is 9.11. The van der Waals surface area contributed by atoms with Crippen LogP contribution in [0.1, 0.15) is 5.56 Å². The van der Waals surface area contributed by atoms with Gasteiger partial charge in [0, 0.05) is 16.9 Å². The average Bonchev–Trinajstić information content (AvgIpc) is 2.45. The van der Waals surface area contributed by atoms with Crippen molar-refractivity contribution in [3.8, 4) is 0 Å². The molecule has 0 radical (unpaired) electrons. The number of hydrogen-bond acceptors (Lipinski definition) is 2. The summed E-state index contributed by atoms with van der Waals surface area (Å²) in [5, 5.41) is 3.26. The highest BCUT2D eigenvalue weighted by atomic mass is 14.9. The molecule has 1 aromatic carbocycles. The summed E-state index contributed by atoms with van der Waals surface area (Å²) < 4.78 is 0. The van der Waals surface area contributed by atoms with E-state index in [1.807, 2.05) is 36.4 Å². The van der Waals surface area contributed by atoms with E-state index in [9.17, 15) is 0 Å². The summed E-state index contributed by atoms with van der Waals surface area (Å²) in [4.78, 5) is 4.50. The maximum absolute atomic E-state index is 4.50. The number of rotatable bonds is 2. The van der Waals surface area contributed by atoms with Crippen LogP contribution in [0.2, 0.25) is 0 Å². The summed E-state index contributed by atoms with van der Waals surface area (Å²) in [5.41, 5.74) is 4.02. The van der Waals surface area contributed by atoms with Crippen LogP contribution in [0.3, 0.4) is 0 Å². The second-order valence-electron chi connectivity index (χ2n) is 3.57. The second-order valence-corrected chi connectivity index (χ2v) is 3.57. The molecule has 1 aliphatic rings. The Bertz CT molecular complexity index is 481. The number of aliphatic imine (C=N–C) groups is 1. The van der Waals surface area contributed by atoms with Gasteiger partial charge in [0.05, 0.1) is 12.3 Å². The maximum atomic E-state index is 4.50. The van der Waals surface area contributed by atoms with Gasteiger partial charge >= 0.3 is 0 Å². The lowest BCUT2D eigenvalue weighted by Gasteiger charge is -2.07. The molecule has 0 spiro atoms. The third-order valence-corrected chi connectivity index (χ3v) is 2.34. The van der Waals surface area contributed by atoms with Gasteiger partial charge in [-0.2, -0.15) is 0 Å². The molecule has 0 aromatic heterocycles. The van der Waals surface area contributed by atoms with Crippen molar-refractivity contribution < 1.29 is 0 Å². The van der Waals surface area contributed by atoms with Crippen molar-refractivity contribution in [2.75, 3.05) is 11.9 Å². The van der Waals surface area contributed by atoms with Gasteiger partial charge in [-0.25, -0.2) is 0 Å². The van der Waals surface area contributed by atoms with Gasteiger partial charge in [-0.1, -0.05) is 43.5 Å². The molecule has 1 aliphatic heterocycles. The van der Waals surface area contributed by atoms with Crippen molar-refractivity contribution in [1.82, 2.24) is 0 Å². The fraction of sp³-hybridized carbons (Fsp3) is 0.0714. The Morgan fingerprint density at radius 1 is 1.31 bits per heavy atom. The zero-order chi connectivity index (χ0) is 11.4. The molecular weight excluding hydrogens is 196 g/mol. The Balaban J connectivity index is 2.48. The fourth-order valence-corrected chi connectivity index (χ4v) is 1.61. The smallest absolute Gasteiger partial charge is 0.0791 e. The van der Waals surface area contributed by atoms with Gasteiger partial charge in [0.25, 0.3) is 0 Å². The van der Waals surface area contributed by atoms with Gasteiger partial charge in [-0.15, -0.1) is 0 Å². The molecule has 2 heteroatoms. The van der Waals surface area contributed by atoms with Crippen LogP contribution in [-0.2, 0) is 0 Å². The predicted octanol–water partition coefficient (Wildman–Crippen LogP) is 3.16. The number of hydrogen-bond donors (Lipinski definition) is 1. The van der Waals surface area contributed by atoms with Crippen LogP contribution in [0.4, 0.5) is 5.69 Å². The lowest BCUT2D eigenvalue weighted by atomic mass is 10.1. The number of anilines is 1. The normalized spacial score (nSPS) is 15.0. The van der Waals surface area contributed by atoms with E-state index in [0.29, 0.717) is 6.54 Å². The van der Waals surface area contributed by atoms with E-state index < -0.39 is 0 Å². The first-order valence-corrected chi connectivity index (χ1v) is 5.19. The number of para-hydroxylation sites is 1. The summed E-state index contributed by atoms with van der Waals surface area (Å²) in [6.45, 7) is 8.19. The largest absolute Gasteiger partial charge is 0.357 e. The monoisotopic (exact) mass is 210 g/mol. The molecule has 1 N–H and O–H groups in total. The van der Waals surface area contributed by atoms with Crippen LogP contribution in [0.5, 0.6) is 0 Å². The lowest BCUT2D eigenvalue weighted by molar-refractivity contribution is 1.16. The minimum absolute atomic E-state index is 0.603. The van der Waals surface area contributed by atoms with Crippen molar-refractivity contribution in [3.05, 3.63) is 66.9 Å². The molecule has 2 nitrogen and oxygen atoms in total. The van der Waals surface area contributed by atoms with Crippen molar-refractivity contribution >= 4 is 11.4 Å². The van der Waals surface area contributed by atoms with E-state index >= 15 is 0 Å². The minimum atomic E-state index is 0.603. The van der Waals surface area contributed by atoms with Crippen molar-refractivity contribution in [2.24, 2.45) is 4.99 Å². The number of allylic oxidation sites excluding steroid dienone is 3. The van der Waals surface area contributed by atoms with Gasteiger partial charge in [-0.05, 0) is 12.1 Å². The van der Waals surface area contributed by atoms with Crippen molar-refractivity contribution in [1.29, 1.82) is 0 Å². The molecule has 0 atom stereocenters. The first-order chi connectivity index (χ1) is 7.81. The quantitative estimate of drug-likeness (QED) is 0.745. The highest BCUT2D eigenvalue weighted by Gasteiger charge is 2.10. The van der Waals surface area contributed by atoms with Gasteiger partial charge in [0.2, 0.25) is 0 Å². The van der Waals surface area contributed by atoms with Crippen LogP contribution in [0.25, 0.3) is 0 Å². The molecule has 80 valence electrons. The lowest BCUT2D eigenvalue weighted by Crippen LogP contribution is -2.00. The summed E-state index contributed by atoms with van der Waals surface area (Å²) >= 11 is 0. The summed E-state index contributed by atoms with van der Waals surface area (Å²) in [5.74, 6) is 0. The molecule has 0 amide bonds. The first-order valence-electron chi connectivity index (χ1n) is 5.19. The number of fused-ring (bicyclic) bond motifs is 1. The van der Waals surface area contributed by atoms with Gasteiger partial charge in [0.15, 0.2) is 0 Å². The topological polar surface area (TPSA) is 24.4 Å². The number of benzodiazepines with no additional fused rings is 1. The Hall–Kier alpha value is -2.09. The molecule has 0 aliphatic carbocycles. The predicted molar refractivity (Wildman–Crippen MR) is 69.9 cm³/mol. The molecule has 0 saturated heterocycles. The van der Waals surface area contributed by atoms with E-state index in [4.69, 9.17) is 0 Å². The van der Waals surface area contributed by atoms with Gasteiger partial charge in [0.1, 0.15) is 0 Å². The van der Waals surface area contributed by atoms with Crippen LogP contribution in [-0.4, -0.2) is 12.3 Å². The van der Waals surface area contributed by atoms with E-state index in [1.165, 1.54) is 0 Å². The van der Waals surface area contributed by atoms with Crippen LogP contribution in [0, 0.1) is 0 Å². The summed E-state index contributed by atoms with van der Waals surface area (Å²) in [7, 11) is 0. The van der Waals surface area contributed by atoms with Crippen LogP contribution in [0.15, 0.2) is 66.3 Å². The van der Waals surface area contributed by atoms with Gasteiger partial charge in [-0.3, -0.25) is 4.99 Å². The summed E-state index contributed by atoms with van der Waals surface area (Å²) in [6, 6.07) is 8.08. The standard InChI is InChI=1S/C14H14N2/c1-3-4-8-13-12-7-5-6-9-14(12)16-11(2)10-15-13/h3-9,16H,1-2,10H2/b8-4+. The minimum Gasteiger partial charge on any atom is -0.357 e. The van der Waals surface area contributed by atoms with E-state index in [0.717, 1.165) is 22.7 Å². The molecule has 1 heterocycles. The molecule has 16 heavy (non-hydrogen) atoms. The highest BCUT2D eigenvalue weighted by molar-refractivity contribution is 6.12. The summed E-state index contributed by atoms with van der Waals surface area (Å²) in [6.07, 6.45) is 5.61. The SMILES string of the molecule is C=C/C=C/C1=NCC(=C)Nc2ccccc21. The Labute approximate surface area is 95.7 Å². The molecule has 0 bridgehead atoms. The van der Waals surface area contributed by atoms with E-state index in [1.54, 1.807) is 6.08 Å².